The van der Waals surface area contributed by atoms with Crippen molar-refractivity contribution < 1.29 is 24.3 Å². The summed E-state index contributed by atoms with van der Waals surface area (Å²) in [5.41, 5.74) is 6.62. The zero-order valence-corrected chi connectivity index (χ0v) is 20.3. The summed E-state index contributed by atoms with van der Waals surface area (Å²) in [5.74, 6) is -1.79. The summed E-state index contributed by atoms with van der Waals surface area (Å²) in [5, 5.41) is 14.8. The largest absolute Gasteiger partial charge is 0.480 e. The van der Waals surface area contributed by atoms with Crippen LogP contribution in [-0.4, -0.2) is 82.2 Å². The van der Waals surface area contributed by atoms with E-state index in [2.05, 4.69) is 23.3 Å². The van der Waals surface area contributed by atoms with Gasteiger partial charge in [0.2, 0.25) is 17.7 Å². The number of rotatable bonds is 12. The molecule has 1 saturated heterocycles. The number of aliphatic carboxylic acids is 1. The van der Waals surface area contributed by atoms with E-state index in [1.807, 2.05) is 36.6 Å². The smallest absolute Gasteiger partial charge is 0.326 e. The molecule has 5 N–H and O–H groups in total. The first-order valence-electron chi connectivity index (χ1n) is 10.8. The lowest BCUT2D eigenvalue weighted by molar-refractivity contribution is -0.143. The van der Waals surface area contributed by atoms with Crippen molar-refractivity contribution in [3.63, 3.8) is 0 Å². The van der Waals surface area contributed by atoms with Gasteiger partial charge in [-0.2, -0.15) is 24.4 Å². The molecule has 33 heavy (non-hydrogen) atoms. The minimum Gasteiger partial charge on any atom is -0.480 e. The highest BCUT2D eigenvalue weighted by atomic mass is 32.2. The zero-order chi connectivity index (χ0) is 24.4. The number of thiol groups is 1. The van der Waals surface area contributed by atoms with E-state index in [9.17, 15) is 24.3 Å². The van der Waals surface area contributed by atoms with Crippen molar-refractivity contribution in [2.24, 2.45) is 5.73 Å². The van der Waals surface area contributed by atoms with Crippen LogP contribution < -0.4 is 16.4 Å². The molecule has 1 aliphatic rings. The highest BCUT2D eigenvalue weighted by Gasteiger charge is 2.37. The maximum atomic E-state index is 13.1. The van der Waals surface area contributed by atoms with Gasteiger partial charge in [0.25, 0.3) is 0 Å². The fourth-order valence-corrected chi connectivity index (χ4v) is 4.31. The van der Waals surface area contributed by atoms with Crippen molar-refractivity contribution >= 4 is 48.1 Å². The average Bonchev–Trinajstić information content (AvgIpc) is 3.30. The summed E-state index contributed by atoms with van der Waals surface area (Å²) in [6.07, 6.45) is 3.41. The average molecular weight is 497 g/mol. The maximum Gasteiger partial charge on any atom is 0.326 e. The molecule has 1 fully saturated rings. The first-order valence-corrected chi connectivity index (χ1v) is 12.8. The van der Waals surface area contributed by atoms with E-state index in [-0.39, 0.29) is 24.5 Å². The van der Waals surface area contributed by atoms with Crippen LogP contribution in [0.2, 0.25) is 0 Å². The van der Waals surface area contributed by atoms with Crippen LogP contribution in [0.25, 0.3) is 0 Å². The van der Waals surface area contributed by atoms with Crippen molar-refractivity contribution in [3.8, 4) is 0 Å². The summed E-state index contributed by atoms with van der Waals surface area (Å²) in [4.78, 5) is 51.7. The fraction of sp³-hybridized carbons (Fsp3) is 0.545. The minimum absolute atomic E-state index is 0.162. The predicted octanol–water partition coefficient (Wildman–Crippen LogP) is 0.285. The third-order valence-corrected chi connectivity index (χ3v) is 6.53. The molecular formula is C22H32N4O5S2. The SMILES string of the molecule is CSCCC(NC(=O)C(Cc1ccccc1)NC(=O)C1CCCN1C(=O)C(N)CS)C(=O)O. The molecule has 1 aromatic rings. The van der Waals surface area contributed by atoms with E-state index in [4.69, 9.17) is 5.73 Å². The number of carboxylic acid groups (broad SMARTS) is 1. The first kappa shape index (κ1) is 27.0. The quantitative estimate of drug-likeness (QED) is 0.262. The van der Waals surface area contributed by atoms with Crippen LogP contribution in [0.1, 0.15) is 24.8 Å². The summed E-state index contributed by atoms with van der Waals surface area (Å²) >= 11 is 5.55. The van der Waals surface area contributed by atoms with Crippen LogP contribution in [0.15, 0.2) is 30.3 Å². The monoisotopic (exact) mass is 496 g/mol. The molecule has 3 amide bonds. The van der Waals surface area contributed by atoms with Crippen LogP contribution in [0.4, 0.5) is 0 Å². The van der Waals surface area contributed by atoms with E-state index in [0.29, 0.717) is 25.1 Å². The fourth-order valence-electron chi connectivity index (χ4n) is 3.69. The second kappa shape index (κ2) is 13.5. The van der Waals surface area contributed by atoms with Crippen LogP contribution in [-0.2, 0) is 25.6 Å². The predicted molar refractivity (Wildman–Crippen MR) is 131 cm³/mol. The molecule has 1 heterocycles. The highest BCUT2D eigenvalue weighted by Crippen LogP contribution is 2.19. The lowest BCUT2D eigenvalue weighted by Gasteiger charge is -2.28. The van der Waals surface area contributed by atoms with Crippen molar-refractivity contribution in [1.82, 2.24) is 15.5 Å². The Hall–Kier alpha value is -2.24. The molecule has 9 nitrogen and oxygen atoms in total. The van der Waals surface area contributed by atoms with Gasteiger partial charge in [0.1, 0.15) is 18.1 Å². The van der Waals surface area contributed by atoms with E-state index >= 15 is 0 Å². The Morgan fingerprint density at radius 3 is 2.52 bits per heavy atom. The van der Waals surface area contributed by atoms with Gasteiger partial charge in [-0.15, -0.1) is 0 Å². The molecule has 11 heteroatoms. The van der Waals surface area contributed by atoms with Gasteiger partial charge < -0.3 is 26.4 Å². The number of carbonyl (C=O) groups is 4. The van der Waals surface area contributed by atoms with Gasteiger partial charge in [-0.25, -0.2) is 4.79 Å². The van der Waals surface area contributed by atoms with Crippen LogP contribution in [0.5, 0.6) is 0 Å². The van der Waals surface area contributed by atoms with Crippen molar-refractivity contribution in [3.05, 3.63) is 35.9 Å². The van der Waals surface area contributed by atoms with Crippen LogP contribution >= 0.6 is 24.4 Å². The normalized spacial score (nSPS) is 18.3. The number of amides is 3. The molecule has 0 bridgehead atoms. The van der Waals surface area contributed by atoms with Gasteiger partial charge in [0, 0.05) is 18.7 Å². The first-order chi connectivity index (χ1) is 15.8. The number of carboxylic acids is 1. The van der Waals surface area contributed by atoms with Gasteiger partial charge >= 0.3 is 5.97 Å². The summed E-state index contributed by atoms with van der Waals surface area (Å²) < 4.78 is 0. The second-order valence-electron chi connectivity index (χ2n) is 7.91. The molecule has 1 aromatic carbocycles. The van der Waals surface area contributed by atoms with Crippen LogP contribution in [0.3, 0.4) is 0 Å². The highest BCUT2D eigenvalue weighted by molar-refractivity contribution is 7.98. The number of hydrogen-bond acceptors (Lipinski definition) is 7. The number of nitrogens with zero attached hydrogens (tertiary/aromatic N) is 1. The minimum atomic E-state index is -1.13. The van der Waals surface area contributed by atoms with Crippen molar-refractivity contribution in [2.45, 2.75) is 49.9 Å². The molecule has 4 atom stereocenters. The Labute approximate surface area is 203 Å². The summed E-state index contributed by atoms with van der Waals surface area (Å²) in [6.45, 7) is 0.406. The molecule has 0 saturated carbocycles. The Morgan fingerprint density at radius 1 is 1.21 bits per heavy atom. The zero-order valence-electron chi connectivity index (χ0n) is 18.6. The molecule has 0 spiro atoms. The third-order valence-electron chi connectivity index (χ3n) is 5.49. The number of thioether (sulfide) groups is 1. The lowest BCUT2D eigenvalue weighted by atomic mass is 10.0. The molecule has 2 rings (SSSR count). The molecule has 0 radical (unpaired) electrons. The van der Waals surface area contributed by atoms with Gasteiger partial charge in [0.15, 0.2) is 0 Å². The van der Waals surface area contributed by atoms with Crippen molar-refractivity contribution in [2.75, 3.05) is 24.3 Å². The van der Waals surface area contributed by atoms with E-state index in [1.54, 1.807) is 0 Å². The summed E-state index contributed by atoms with van der Waals surface area (Å²) in [6, 6.07) is 5.54. The number of nitrogens with one attached hydrogen (secondary N) is 2. The van der Waals surface area contributed by atoms with Gasteiger partial charge in [-0.05, 0) is 36.8 Å². The Balaban J connectivity index is 2.17. The summed E-state index contributed by atoms with van der Waals surface area (Å²) in [7, 11) is 0. The topological polar surface area (TPSA) is 142 Å². The van der Waals surface area contributed by atoms with E-state index in [0.717, 1.165) is 5.56 Å². The number of benzene rings is 1. The van der Waals surface area contributed by atoms with Gasteiger partial charge in [-0.1, -0.05) is 30.3 Å². The number of likely N-dealkylation sites (tertiary alicyclic amines) is 1. The van der Waals surface area contributed by atoms with E-state index in [1.165, 1.54) is 16.7 Å². The molecule has 0 aromatic heterocycles. The number of carbonyl (C=O) groups excluding carboxylic acids is 3. The Bertz CT molecular complexity index is 826. The lowest BCUT2D eigenvalue weighted by Crippen LogP contribution is -2.57. The van der Waals surface area contributed by atoms with Gasteiger partial charge in [0.05, 0.1) is 6.04 Å². The second-order valence-corrected chi connectivity index (χ2v) is 9.26. The number of hydrogen-bond donors (Lipinski definition) is 5. The maximum absolute atomic E-state index is 13.1. The molecular weight excluding hydrogens is 464 g/mol. The van der Waals surface area contributed by atoms with Crippen LogP contribution in [0, 0.1) is 0 Å². The number of nitrogens with two attached hydrogens (primary N) is 1. The molecule has 1 aliphatic heterocycles. The Morgan fingerprint density at radius 2 is 1.91 bits per heavy atom. The standard InChI is InChI=1S/C22H32N4O5S2/c1-33-11-9-16(22(30)31)24-19(27)17(12-14-6-3-2-4-7-14)25-20(28)18-8-5-10-26(18)21(29)15(23)13-32/h2-4,6-7,15-18,32H,5,8-13,23H2,1H3,(H,24,27)(H,25,28)(H,30,31). The molecule has 4 unspecified atom stereocenters. The third kappa shape index (κ3) is 7.94. The van der Waals surface area contributed by atoms with E-state index < -0.39 is 42.0 Å². The Kier molecular flexibility index (Phi) is 11.0. The van der Waals surface area contributed by atoms with Gasteiger partial charge in [-0.3, -0.25) is 14.4 Å². The van der Waals surface area contributed by atoms with Crippen molar-refractivity contribution in [1.29, 1.82) is 0 Å². The molecule has 182 valence electrons. The molecule has 0 aliphatic carbocycles.